The fourth-order valence-corrected chi connectivity index (χ4v) is 3.46. The van der Waals surface area contributed by atoms with Crippen LogP contribution in [-0.4, -0.2) is 39.2 Å². The van der Waals surface area contributed by atoms with Gasteiger partial charge in [0.2, 0.25) is 6.79 Å². The van der Waals surface area contributed by atoms with Crippen LogP contribution < -0.4 is 9.47 Å². The third kappa shape index (κ3) is 3.06. The van der Waals surface area contributed by atoms with Gasteiger partial charge in [-0.1, -0.05) is 36.4 Å². The standard InChI is InChI=1S/C22H18N4O3/c1-25(13-15-7-8-19-20(11-15)29-14-28-19)22(27)17-12-24-26-18(9-10-23-21(17)26)16-5-3-2-4-6-16/h2-12H,13-14H2,1H3. The van der Waals surface area contributed by atoms with Crippen LogP contribution in [0.25, 0.3) is 16.9 Å². The molecular formula is C22H18N4O3. The van der Waals surface area contributed by atoms with E-state index in [4.69, 9.17) is 9.47 Å². The zero-order valence-electron chi connectivity index (χ0n) is 15.8. The molecule has 5 rings (SSSR count). The van der Waals surface area contributed by atoms with Gasteiger partial charge in [-0.2, -0.15) is 5.10 Å². The molecule has 3 heterocycles. The van der Waals surface area contributed by atoms with Crippen LogP contribution in [0.2, 0.25) is 0 Å². The highest BCUT2D eigenvalue weighted by Gasteiger charge is 2.21. The van der Waals surface area contributed by atoms with Crippen molar-refractivity contribution in [1.29, 1.82) is 0 Å². The second kappa shape index (κ2) is 6.94. The van der Waals surface area contributed by atoms with Crippen molar-refractivity contribution in [2.24, 2.45) is 0 Å². The molecule has 29 heavy (non-hydrogen) atoms. The first kappa shape index (κ1) is 17.2. The third-order valence-corrected chi connectivity index (χ3v) is 4.90. The van der Waals surface area contributed by atoms with E-state index in [0.29, 0.717) is 23.5 Å². The van der Waals surface area contributed by atoms with Crippen molar-refractivity contribution in [3.8, 4) is 22.8 Å². The lowest BCUT2D eigenvalue weighted by Gasteiger charge is -2.17. The molecule has 0 saturated heterocycles. The number of carbonyl (C=O) groups excluding carboxylic acids is 1. The van der Waals surface area contributed by atoms with Crippen LogP contribution in [0.4, 0.5) is 0 Å². The van der Waals surface area contributed by atoms with Gasteiger partial charge in [-0.25, -0.2) is 9.50 Å². The van der Waals surface area contributed by atoms with Gasteiger partial charge >= 0.3 is 0 Å². The SMILES string of the molecule is CN(Cc1ccc2c(c1)OCO2)C(=O)c1cnn2c(-c3ccccc3)ccnc12. The first-order valence-electron chi connectivity index (χ1n) is 9.23. The highest BCUT2D eigenvalue weighted by Crippen LogP contribution is 2.33. The summed E-state index contributed by atoms with van der Waals surface area (Å²) in [4.78, 5) is 19.1. The Bertz CT molecular complexity index is 1200. The molecule has 0 unspecified atom stereocenters. The maximum atomic E-state index is 13.1. The van der Waals surface area contributed by atoms with E-state index in [-0.39, 0.29) is 12.7 Å². The fourth-order valence-electron chi connectivity index (χ4n) is 3.46. The molecule has 1 amide bonds. The van der Waals surface area contributed by atoms with Crippen LogP contribution in [0.1, 0.15) is 15.9 Å². The summed E-state index contributed by atoms with van der Waals surface area (Å²) in [6.45, 7) is 0.663. The molecule has 0 radical (unpaired) electrons. The van der Waals surface area contributed by atoms with E-state index in [2.05, 4.69) is 10.1 Å². The number of carbonyl (C=O) groups is 1. The van der Waals surface area contributed by atoms with Crippen molar-refractivity contribution in [1.82, 2.24) is 19.5 Å². The summed E-state index contributed by atoms with van der Waals surface area (Å²) in [5.74, 6) is 1.28. The molecule has 144 valence electrons. The predicted octanol–water partition coefficient (Wildman–Crippen LogP) is 3.40. The van der Waals surface area contributed by atoms with Gasteiger partial charge in [0, 0.05) is 25.4 Å². The Kier molecular flexibility index (Phi) is 4.13. The van der Waals surface area contributed by atoms with Gasteiger partial charge < -0.3 is 14.4 Å². The summed E-state index contributed by atoms with van der Waals surface area (Å²) in [6, 6.07) is 17.5. The maximum Gasteiger partial charge on any atom is 0.259 e. The summed E-state index contributed by atoms with van der Waals surface area (Å²) in [6.07, 6.45) is 3.28. The van der Waals surface area contributed by atoms with Crippen LogP contribution in [0.3, 0.4) is 0 Å². The van der Waals surface area contributed by atoms with Crippen LogP contribution in [0.15, 0.2) is 67.0 Å². The normalized spacial score (nSPS) is 12.3. The van der Waals surface area contributed by atoms with Crippen molar-refractivity contribution in [3.63, 3.8) is 0 Å². The second-order valence-corrected chi connectivity index (χ2v) is 6.84. The Balaban J connectivity index is 1.44. The summed E-state index contributed by atoms with van der Waals surface area (Å²) in [5.41, 5.74) is 3.85. The summed E-state index contributed by atoms with van der Waals surface area (Å²) >= 11 is 0. The van der Waals surface area contributed by atoms with Gasteiger partial charge in [0.25, 0.3) is 5.91 Å². The van der Waals surface area contributed by atoms with E-state index in [1.165, 1.54) is 0 Å². The number of rotatable bonds is 4. The number of aromatic nitrogens is 3. The first-order valence-corrected chi connectivity index (χ1v) is 9.23. The lowest BCUT2D eigenvalue weighted by Crippen LogP contribution is -2.26. The average Bonchev–Trinajstić information content (AvgIpc) is 3.40. The van der Waals surface area contributed by atoms with Crippen molar-refractivity contribution < 1.29 is 14.3 Å². The molecule has 0 atom stereocenters. The zero-order valence-corrected chi connectivity index (χ0v) is 15.8. The predicted molar refractivity (Wildman–Crippen MR) is 107 cm³/mol. The second-order valence-electron chi connectivity index (χ2n) is 6.84. The number of hydrogen-bond donors (Lipinski definition) is 0. The van der Waals surface area contributed by atoms with Crippen LogP contribution in [-0.2, 0) is 6.54 Å². The Labute approximate surface area is 167 Å². The maximum absolute atomic E-state index is 13.1. The zero-order chi connectivity index (χ0) is 19.8. The van der Waals surface area contributed by atoms with Gasteiger partial charge in [-0.3, -0.25) is 4.79 Å². The molecule has 0 spiro atoms. The number of benzene rings is 2. The Morgan fingerprint density at radius 3 is 2.79 bits per heavy atom. The Hall–Kier alpha value is -3.87. The molecule has 4 aromatic rings. The highest BCUT2D eigenvalue weighted by molar-refractivity contribution is 5.99. The Morgan fingerprint density at radius 2 is 1.93 bits per heavy atom. The van der Waals surface area contributed by atoms with Crippen LogP contribution in [0, 0.1) is 0 Å². The van der Waals surface area contributed by atoms with Gasteiger partial charge in [-0.05, 0) is 23.8 Å². The van der Waals surface area contributed by atoms with Gasteiger partial charge in [0.15, 0.2) is 17.1 Å². The number of nitrogens with zero attached hydrogens (tertiary/aromatic N) is 4. The van der Waals surface area contributed by atoms with E-state index in [0.717, 1.165) is 22.6 Å². The van der Waals surface area contributed by atoms with E-state index in [9.17, 15) is 4.79 Å². The molecule has 0 N–H and O–H groups in total. The molecule has 2 aromatic heterocycles. The monoisotopic (exact) mass is 386 g/mol. The lowest BCUT2D eigenvalue weighted by atomic mass is 10.1. The summed E-state index contributed by atoms with van der Waals surface area (Å²) < 4.78 is 12.5. The largest absolute Gasteiger partial charge is 0.454 e. The summed E-state index contributed by atoms with van der Waals surface area (Å²) in [5, 5.41) is 4.42. The van der Waals surface area contributed by atoms with Gasteiger partial charge in [0.1, 0.15) is 5.56 Å². The smallest absolute Gasteiger partial charge is 0.259 e. The number of fused-ring (bicyclic) bond motifs is 2. The number of hydrogen-bond acceptors (Lipinski definition) is 5. The van der Waals surface area contributed by atoms with Crippen molar-refractivity contribution >= 4 is 11.6 Å². The molecule has 1 aliphatic heterocycles. The van der Waals surface area contributed by atoms with Crippen molar-refractivity contribution in [2.45, 2.75) is 6.54 Å². The molecule has 0 aliphatic carbocycles. The summed E-state index contributed by atoms with van der Waals surface area (Å²) in [7, 11) is 1.76. The average molecular weight is 386 g/mol. The molecule has 1 aliphatic rings. The molecule has 0 fully saturated rings. The van der Waals surface area contributed by atoms with E-state index in [1.807, 2.05) is 54.6 Å². The number of ether oxygens (including phenoxy) is 2. The van der Waals surface area contributed by atoms with Gasteiger partial charge in [-0.15, -0.1) is 0 Å². The fraction of sp³-hybridized carbons (Fsp3) is 0.136. The van der Waals surface area contributed by atoms with E-state index in [1.54, 1.807) is 28.9 Å². The van der Waals surface area contributed by atoms with Crippen molar-refractivity contribution in [3.05, 3.63) is 78.1 Å². The quantitative estimate of drug-likeness (QED) is 0.538. The molecule has 0 bridgehead atoms. The minimum atomic E-state index is -0.143. The first-order chi connectivity index (χ1) is 14.2. The van der Waals surface area contributed by atoms with Crippen LogP contribution >= 0.6 is 0 Å². The lowest BCUT2D eigenvalue weighted by molar-refractivity contribution is 0.0786. The molecular weight excluding hydrogens is 368 g/mol. The van der Waals surface area contributed by atoms with E-state index < -0.39 is 0 Å². The minimum absolute atomic E-state index is 0.143. The third-order valence-electron chi connectivity index (χ3n) is 4.90. The van der Waals surface area contributed by atoms with Crippen molar-refractivity contribution in [2.75, 3.05) is 13.8 Å². The van der Waals surface area contributed by atoms with Gasteiger partial charge in [0.05, 0.1) is 11.9 Å². The minimum Gasteiger partial charge on any atom is -0.454 e. The molecule has 2 aromatic carbocycles. The van der Waals surface area contributed by atoms with Crippen LogP contribution in [0.5, 0.6) is 11.5 Å². The Morgan fingerprint density at radius 1 is 1.10 bits per heavy atom. The molecule has 7 nitrogen and oxygen atoms in total. The molecule has 0 saturated carbocycles. The highest BCUT2D eigenvalue weighted by atomic mass is 16.7. The molecule has 7 heteroatoms. The topological polar surface area (TPSA) is 69.0 Å². The number of amides is 1. The van der Waals surface area contributed by atoms with E-state index >= 15 is 0 Å².